The number of amides is 1. The van der Waals surface area contributed by atoms with Crippen molar-refractivity contribution in [3.8, 4) is 5.75 Å². The maximum Gasteiger partial charge on any atom is 0.258 e. The number of carbonyl (C=O) groups is 1. The minimum absolute atomic E-state index is 0.0903. The molecule has 3 nitrogen and oxygen atoms in total. The van der Waals surface area contributed by atoms with Crippen LogP contribution in [0.15, 0.2) is 42.5 Å². The SMILES string of the molecule is CN(Cc1ccc(O)cc1)C(=O)c1c(F)cccc1Cl. The molecule has 2 rings (SSSR count). The lowest BCUT2D eigenvalue weighted by Crippen LogP contribution is -2.27. The van der Waals surface area contributed by atoms with Gasteiger partial charge in [0.2, 0.25) is 0 Å². The van der Waals surface area contributed by atoms with Crippen LogP contribution in [0.1, 0.15) is 15.9 Å². The van der Waals surface area contributed by atoms with Gasteiger partial charge in [-0.05, 0) is 29.8 Å². The number of benzene rings is 2. The quantitative estimate of drug-likeness (QED) is 0.941. The van der Waals surface area contributed by atoms with E-state index in [0.29, 0.717) is 6.54 Å². The summed E-state index contributed by atoms with van der Waals surface area (Å²) in [6.45, 7) is 0.295. The van der Waals surface area contributed by atoms with Crippen molar-refractivity contribution in [3.63, 3.8) is 0 Å². The summed E-state index contributed by atoms with van der Waals surface area (Å²) in [7, 11) is 1.57. The zero-order valence-corrected chi connectivity index (χ0v) is 11.6. The molecule has 104 valence electrons. The van der Waals surface area contributed by atoms with Crippen molar-refractivity contribution in [1.82, 2.24) is 4.90 Å². The molecule has 0 radical (unpaired) electrons. The van der Waals surface area contributed by atoms with E-state index in [1.165, 1.54) is 35.2 Å². The number of halogens is 2. The Bertz CT molecular complexity index is 608. The van der Waals surface area contributed by atoms with Crippen LogP contribution in [0.3, 0.4) is 0 Å². The van der Waals surface area contributed by atoms with Crippen LogP contribution < -0.4 is 0 Å². The van der Waals surface area contributed by atoms with Crippen LogP contribution >= 0.6 is 11.6 Å². The van der Waals surface area contributed by atoms with Gasteiger partial charge >= 0.3 is 0 Å². The van der Waals surface area contributed by atoms with Crippen LogP contribution in [0.4, 0.5) is 4.39 Å². The van der Waals surface area contributed by atoms with Gasteiger partial charge in [0.1, 0.15) is 11.6 Å². The highest BCUT2D eigenvalue weighted by Crippen LogP contribution is 2.21. The van der Waals surface area contributed by atoms with Crippen LogP contribution in [0.25, 0.3) is 0 Å². The van der Waals surface area contributed by atoms with Gasteiger partial charge in [0.05, 0.1) is 10.6 Å². The minimum Gasteiger partial charge on any atom is -0.508 e. The normalized spacial score (nSPS) is 10.3. The number of hydrogen-bond donors (Lipinski definition) is 1. The van der Waals surface area contributed by atoms with E-state index < -0.39 is 11.7 Å². The average molecular weight is 294 g/mol. The first kappa shape index (κ1) is 14.3. The van der Waals surface area contributed by atoms with Crippen molar-refractivity contribution < 1.29 is 14.3 Å². The Labute approximate surface area is 121 Å². The van der Waals surface area contributed by atoms with Gasteiger partial charge in [0.15, 0.2) is 0 Å². The third kappa shape index (κ3) is 3.08. The number of aromatic hydroxyl groups is 1. The molecular weight excluding hydrogens is 281 g/mol. The Kier molecular flexibility index (Phi) is 4.25. The third-order valence-electron chi connectivity index (χ3n) is 2.88. The van der Waals surface area contributed by atoms with Crippen LogP contribution in [-0.4, -0.2) is 23.0 Å². The first-order chi connectivity index (χ1) is 9.49. The van der Waals surface area contributed by atoms with Gasteiger partial charge in [-0.3, -0.25) is 4.79 Å². The second-order valence-corrected chi connectivity index (χ2v) is 4.83. The van der Waals surface area contributed by atoms with E-state index in [2.05, 4.69) is 0 Å². The number of nitrogens with zero attached hydrogens (tertiary/aromatic N) is 1. The lowest BCUT2D eigenvalue weighted by Gasteiger charge is -2.18. The second kappa shape index (κ2) is 5.92. The van der Waals surface area contributed by atoms with E-state index in [-0.39, 0.29) is 16.3 Å². The predicted octanol–water partition coefficient (Wildman–Crippen LogP) is 3.46. The zero-order chi connectivity index (χ0) is 14.7. The van der Waals surface area contributed by atoms with Crippen molar-refractivity contribution in [2.45, 2.75) is 6.54 Å². The van der Waals surface area contributed by atoms with Crippen LogP contribution in [0, 0.1) is 5.82 Å². The van der Waals surface area contributed by atoms with Gasteiger partial charge in [-0.15, -0.1) is 0 Å². The molecule has 2 aromatic carbocycles. The fourth-order valence-electron chi connectivity index (χ4n) is 1.84. The lowest BCUT2D eigenvalue weighted by molar-refractivity contribution is 0.0780. The van der Waals surface area contributed by atoms with Crippen LogP contribution in [0.2, 0.25) is 5.02 Å². The van der Waals surface area contributed by atoms with Crippen molar-refractivity contribution >= 4 is 17.5 Å². The van der Waals surface area contributed by atoms with Gasteiger partial charge in [-0.25, -0.2) is 4.39 Å². The number of hydrogen-bond acceptors (Lipinski definition) is 2. The van der Waals surface area contributed by atoms with Gasteiger partial charge in [0.25, 0.3) is 5.91 Å². The summed E-state index contributed by atoms with van der Waals surface area (Å²) < 4.78 is 13.7. The minimum atomic E-state index is -0.639. The Morgan fingerprint density at radius 3 is 2.50 bits per heavy atom. The average Bonchev–Trinajstić information content (AvgIpc) is 2.41. The molecule has 1 amide bonds. The molecule has 0 bridgehead atoms. The highest BCUT2D eigenvalue weighted by atomic mass is 35.5. The van der Waals surface area contributed by atoms with Crippen molar-refractivity contribution in [2.75, 3.05) is 7.05 Å². The summed E-state index contributed by atoms with van der Waals surface area (Å²) in [5.41, 5.74) is 0.696. The molecule has 0 spiro atoms. The molecule has 0 atom stereocenters. The molecule has 0 unspecified atom stereocenters. The molecular formula is C15H13ClFNO2. The van der Waals surface area contributed by atoms with Crippen molar-refractivity contribution in [1.29, 1.82) is 0 Å². The Hall–Kier alpha value is -2.07. The molecule has 0 aliphatic rings. The highest BCUT2D eigenvalue weighted by Gasteiger charge is 2.19. The van der Waals surface area contributed by atoms with E-state index in [1.54, 1.807) is 19.2 Å². The fourth-order valence-corrected chi connectivity index (χ4v) is 2.08. The van der Waals surface area contributed by atoms with Crippen molar-refractivity contribution in [3.05, 3.63) is 64.4 Å². The number of rotatable bonds is 3. The monoisotopic (exact) mass is 293 g/mol. The summed E-state index contributed by atoms with van der Waals surface area (Å²) in [5.74, 6) is -0.971. The van der Waals surface area contributed by atoms with Crippen LogP contribution in [0.5, 0.6) is 5.75 Å². The number of phenolic OH excluding ortho intramolecular Hbond substituents is 1. The molecule has 1 N–H and O–H groups in total. The molecule has 2 aromatic rings. The summed E-state index contributed by atoms with van der Waals surface area (Å²) in [6.07, 6.45) is 0. The van der Waals surface area contributed by atoms with E-state index in [4.69, 9.17) is 11.6 Å². The first-order valence-corrected chi connectivity index (χ1v) is 6.34. The van der Waals surface area contributed by atoms with E-state index >= 15 is 0 Å². The largest absolute Gasteiger partial charge is 0.508 e. The summed E-state index contributed by atoms with van der Waals surface area (Å²) in [5, 5.41) is 9.29. The van der Waals surface area contributed by atoms with Crippen molar-refractivity contribution in [2.24, 2.45) is 0 Å². The van der Waals surface area contributed by atoms with Gasteiger partial charge in [0, 0.05) is 13.6 Å². The topological polar surface area (TPSA) is 40.5 Å². The number of carbonyl (C=O) groups excluding carboxylic acids is 1. The lowest BCUT2D eigenvalue weighted by atomic mass is 10.1. The summed E-state index contributed by atoms with van der Waals surface area (Å²) >= 11 is 5.87. The Morgan fingerprint density at radius 1 is 1.25 bits per heavy atom. The smallest absolute Gasteiger partial charge is 0.258 e. The summed E-state index contributed by atoms with van der Waals surface area (Å²) in [4.78, 5) is 13.6. The van der Waals surface area contributed by atoms with Gasteiger partial charge in [-0.1, -0.05) is 29.8 Å². The molecule has 0 aliphatic heterocycles. The second-order valence-electron chi connectivity index (χ2n) is 4.42. The first-order valence-electron chi connectivity index (χ1n) is 5.96. The molecule has 0 heterocycles. The van der Waals surface area contributed by atoms with Crippen LogP contribution in [-0.2, 0) is 6.54 Å². The molecule has 0 fully saturated rings. The fraction of sp³-hybridized carbons (Fsp3) is 0.133. The van der Waals surface area contributed by atoms with Gasteiger partial charge in [-0.2, -0.15) is 0 Å². The summed E-state index contributed by atoms with van der Waals surface area (Å²) in [6, 6.07) is 10.6. The predicted molar refractivity (Wildman–Crippen MR) is 75.3 cm³/mol. The Morgan fingerprint density at radius 2 is 1.90 bits per heavy atom. The molecule has 0 saturated carbocycles. The molecule has 0 saturated heterocycles. The zero-order valence-electron chi connectivity index (χ0n) is 10.8. The standard InChI is InChI=1S/C15H13ClFNO2/c1-18(9-10-5-7-11(19)8-6-10)15(20)14-12(16)3-2-4-13(14)17/h2-8,19H,9H2,1H3. The molecule has 0 aromatic heterocycles. The maximum atomic E-state index is 13.7. The molecule has 20 heavy (non-hydrogen) atoms. The molecule has 0 aliphatic carbocycles. The Balaban J connectivity index is 2.18. The maximum absolute atomic E-state index is 13.7. The van der Waals surface area contributed by atoms with E-state index in [0.717, 1.165) is 5.56 Å². The third-order valence-corrected chi connectivity index (χ3v) is 3.19. The highest BCUT2D eigenvalue weighted by molar-refractivity contribution is 6.33. The van der Waals surface area contributed by atoms with E-state index in [9.17, 15) is 14.3 Å². The van der Waals surface area contributed by atoms with Gasteiger partial charge < -0.3 is 10.0 Å². The van der Waals surface area contributed by atoms with E-state index in [1.807, 2.05) is 0 Å². The number of phenols is 1. The molecule has 5 heteroatoms.